The zero-order valence-corrected chi connectivity index (χ0v) is 31.4. The molecule has 1 atom stereocenters. The number of ketones is 1. The fourth-order valence-corrected chi connectivity index (χ4v) is 5.77. The lowest BCUT2D eigenvalue weighted by atomic mass is 10.1. The number of aliphatic hydroxyl groups is 1. The lowest BCUT2D eigenvalue weighted by Gasteiger charge is -2.17. The summed E-state index contributed by atoms with van der Waals surface area (Å²) in [5, 5.41) is 33.7. The quantitative estimate of drug-likeness (QED) is 0.0465. The van der Waals surface area contributed by atoms with Gasteiger partial charge in [0, 0.05) is 23.6 Å². The third kappa shape index (κ3) is 14.5. The highest BCUT2D eigenvalue weighted by Crippen LogP contribution is 2.28. The Labute approximate surface area is 311 Å². The van der Waals surface area contributed by atoms with E-state index >= 15 is 0 Å². The standard InChI is InChI=1S/C36H52N8O6S2/c1-26-9-11-28(12-10-26)32-21-31(43-44(32)29-13-15-30(16-14-29)52(37,49)50)36(39-19-7-3-5-17-38-18-6-4-8-20-45)33(46)22-41-35(48)24-42-34(47)23-40-27(2)25-51/h9-16,21,36,38-40,45,51H,2-8,17-20,22-25H2,1H3,(H,41,48)(H,42,47)(H2,37,49,50). The Balaban J connectivity index is 1.77. The fraction of sp³-hybridized carbons (Fsp3) is 0.444. The van der Waals surface area contributed by atoms with Gasteiger partial charge in [-0.25, -0.2) is 18.2 Å². The van der Waals surface area contributed by atoms with Crippen molar-refractivity contribution in [1.82, 2.24) is 36.4 Å². The smallest absolute Gasteiger partial charge is 0.239 e. The molecular weight excluding hydrogens is 705 g/mol. The second-order valence-corrected chi connectivity index (χ2v) is 14.3. The minimum absolute atomic E-state index is 0.0431. The maximum atomic E-state index is 13.8. The summed E-state index contributed by atoms with van der Waals surface area (Å²) in [4.78, 5) is 38.4. The van der Waals surface area contributed by atoms with Crippen LogP contribution < -0.4 is 31.7 Å². The van der Waals surface area contributed by atoms with Crippen molar-refractivity contribution in [1.29, 1.82) is 0 Å². The molecule has 0 aliphatic rings. The van der Waals surface area contributed by atoms with Crippen molar-refractivity contribution in [2.24, 2.45) is 5.14 Å². The number of sulfonamides is 1. The van der Waals surface area contributed by atoms with Crippen molar-refractivity contribution in [3.8, 4) is 16.9 Å². The molecule has 0 radical (unpaired) electrons. The third-order valence-corrected chi connectivity index (χ3v) is 9.40. The van der Waals surface area contributed by atoms with Gasteiger partial charge < -0.3 is 31.7 Å². The number of carbonyl (C=O) groups is 3. The first-order chi connectivity index (χ1) is 24.9. The summed E-state index contributed by atoms with van der Waals surface area (Å²) in [7, 11) is -3.91. The van der Waals surface area contributed by atoms with Crippen LogP contribution in [-0.2, 0) is 24.4 Å². The van der Waals surface area contributed by atoms with Gasteiger partial charge in [-0.1, -0.05) is 42.8 Å². The molecule has 52 heavy (non-hydrogen) atoms. The molecule has 0 saturated carbocycles. The maximum absolute atomic E-state index is 13.8. The number of nitrogens with zero attached hydrogens (tertiary/aromatic N) is 2. The molecule has 0 spiro atoms. The first-order valence-corrected chi connectivity index (χ1v) is 19.5. The number of Topliss-reactive ketones (excluding diaryl/α,β-unsaturated/α-hetero) is 1. The van der Waals surface area contributed by atoms with E-state index in [1.807, 2.05) is 37.3 Å². The molecule has 1 aromatic heterocycles. The maximum Gasteiger partial charge on any atom is 0.239 e. The summed E-state index contributed by atoms with van der Waals surface area (Å²) >= 11 is 4.08. The van der Waals surface area contributed by atoms with E-state index in [1.165, 1.54) is 12.1 Å². The van der Waals surface area contributed by atoms with Gasteiger partial charge in [0.15, 0.2) is 5.78 Å². The summed E-state index contributed by atoms with van der Waals surface area (Å²) in [5.41, 5.74) is 4.10. The predicted octanol–water partition coefficient (Wildman–Crippen LogP) is 1.88. The zero-order valence-electron chi connectivity index (χ0n) is 29.7. The normalized spacial score (nSPS) is 11.9. The summed E-state index contributed by atoms with van der Waals surface area (Å²) in [5.74, 6) is -0.907. The summed E-state index contributed by atoms with van der Waals surface area (Å²) in [6.07, 6.45) is 5.50. The Bertz CT molecular complexity index is 1710. The Hall–Kier alpha value is -4.06. The molecule has 0 bridgehead atoms. The molecule has 284 valence electrons. The van der Waals surface area contributed by atoms with Crippen LogP contribution in [0.25, 0.3) is 16.9 Å². The predicted molar refractivity (Wildman–Crippen MR) is 206 cm³/mol. The topological polar surface area (TPSA) is 210 Å². The SMILES string of the molecule is C=C(CS)NCC(=O)NCC(=O)NCC(=O)C(NCCCCCNCCCCCO)c1cc(-c2ccc(C)cc2)n(-c2ccc(S(N)(=O)=O)cc2)n1. The van der Waals surface area contributed by atoms with Crippen molar-refractivity contribution in [2.75, 3.05) is 51.6 Å². The van der Waals surface area contributed by atoms with Crippen molar-refractivity contribution < 1.29 is 27.9 Å². The fourth-order valence-electron chi connectivity index (χ4n) is 5.14. The summed E-state index contributed by atoms with van der Waals surface area (Å²) in [6.45, 7) is 7.51. The van der Waals surface area contributed by atoms with Gasteiger partial charge in [-0.2, -0.15) is 17.7 Å². The number of aliphatic hydroxyl groups excluding tert-OH is 1. The number of aryl methyl sites for hydroxylation is 1. The molecule has 3 aromatic rings. The largest absolute Gasteiger partial charge is 0.396 e. The van der Waals surface area contributed by atoms with E-state index in [0.717, 1.165) is 62.7 Å². The lowest BCUT2D eigenvalue weighted by Crippen LogP contribution is -2.43. The van der Waals surface area contributed by atoms with Crippen LogP contribution in [0.2, 0.25) is 0 Å². The average molecular weight is 757 g/mol. The van der Waals surface area contributed by atoms with Crippen LogP contribution in [0.3, 0.4) is 0 Å². The van der Waals surface area contributed by atoms with E-state index in [9.17, 15) is 22.8 Å². The minimum atomic E-state index is -3.91. The molecule has 8 N–H and O–H groups in total. The van der Waals surface area contributed by atoms with E-state index in [2.05, 4.69) is 45.8 Å². The van der Waals surface area contributed by atoms with Gasteiger partial charge in [0.2, 0.25) is 21.8 Å². The van der Waals surface area contributed by atoms with Crippen LogP contribution in [0.1, 0.15) is 55.8 Å². The summed E-state index contributed by atoms with van der Waals surface area (Å²) < 4.78 is 25.5. The minimum Gasteiger partial charge on any atom is -0.396 e. The lowest BCUT2D eigenvalue weighted by molar-refractivity contribution is -0.127. The molecule has 0 aliphatic heterocycles. The second kappa shape index (κ2) is 22.1. The highest BCUT2D eigenvalue weighted by Gasteiger charge is 2.26. The number of hydrogen-bond acceptors (Lipinski definition) is 11. The highest BCUT2D eigenvalue weighted by atomic mass is 32.2. The van der Waals surface area contributed by atoms with Crippen molar-refractivity contribution in [2.45, 2.75) is 56.4 Å². The Morgan fingerprint density at radius 3 is 2.08 bits per heavy atom. The van der Waals surface area contributed by atoms with Gasteiger partial charge in [-0.3, -0.25) is 14.4 Å². The summed E-state index contributed by atoms with van der Waals surface area (Å²) in [6, 6.07) is 14.7. The average Bonchev–Trinajstić information content (AvgIpc) is 3.57. The Morgan fingerprint density at radius 1 is 0.865 bits per heavy atom. The number of amides is 2. The molecule has 0 saturated heterocycles. The number of nitrogens with one attached hydrogen (secondary N) is 5. The monoisotopic (exact) mass is 756 g/mol. The molecule has 16 heteroatoms. The Morgan fingerprint density at radius 2 is 1.46 bits per heavy atom. The zero-order chi connectivity index (χ0) is 37.9. The number of thiol groups is 1. The first kappa shape index (κ1) is 42.4. The van der Waals surface area contributed by atoms with E-state index in [1.54, 1.807) is 16.8 Å². The molecule has 2 aromatic carbocycles. The molecule has 0 fully saturated rings. The molecule has 1 heterocycles. The van der Waals surface area contributed by atoms with Gasteiger partial charge in [-0.15, -0.1) is 0 Å². The number of nitrogens with two attached hydrogens (primary N) is 1. The van der Waals surface area contributed by atoms with Crippen LogP contribution in [0.4, 0.5) is 0 Å². The number of benzene rings is 2. The second-order valence-electron chi connectivity index (χ2n) is 12.4. The highest BCUT2D eigenvalue weighted by molar-refractivity contribution is 7.89. The molecule has 1 unspecified atom stereocenters. The third-order valence-electron chi connectivity index (χ3n) is 8.09. The van der Waals surface area contributed by atoms with Crippen LogP contribution in [0.15, 0.2) is 71.8 Å². The van der Waals surface area contributed by atoms with Crippen molar-refractivity contribution in [3.05, 3.63) is 78.1 Å². The number of primary sulfonamides is 1. The molecule has 3 rings (SSSR count). The van der Waals surface area contributed by atoms with Crippen LogP contribution >= 0.6 is 12.6 Å². The van der Waals surface area contributed by atoms with Gasteiger partial charge >= 0.3 is 0 Å². The van der Waals surface area contributed by atoms with Crippen LogP contribution in [0.5, 0.6) is 0 Å². The van der Waals surface area contributed by atoms with Crippen LogP contribution in [0, 0.1) is 6.92 Å². The number of hydrogen-bond donors (Lipinski definition) is 8. The van der Waals surface area contributed by atoms with Gasteiger partial charge in [-0.05, 0) is 89.0 Å². The Kier molecular flexibility index (Phi) is 18.0. The number of carbonyl (C=O) groups excluding carboxylic acids is 3. The van der Waals surface area contributed by atoms with Gasteiger partial charge in [0.05, 0.1) is 41.6 Å². The van der Waals surface area contributed by atoms with E-state index in [4.69, 9.17) is 15.3 Å². The molecule has 0 aliphatic carbocycles. The van der Waals surface area contributed by atoms with E-state index in [0.29, 0.717) is 35.1 Å². The van der Waals surface area contributed by atoms with Gasteiger partial charge in [0.1, 0.15) is 6.04 Å². The first-order valence-electron chi connectivity index (χ1n) is 17.4. The number of unbranched alkanes of at least 4 members (excludes halogenated alkanes) is 4. The molecule has 2 amide bonds. The van der Waals surface area contributed by atoms with E-state index in [-0.39, 0.29) is 36.9 Å². The molecule has 14 nitrogen and oxygen atoms in total. The van der Waals surface area contributed by atoms with Gasteiger partial charge in [0.25, 0.3) is 0 Å². The van der Waals surface area contributed by atoms with Crippen molar-refractivity contribution >= 4 is 40.2 Å². The number of aromatic nitrogens is 2. The van der Waals surface area contributed by atoms with E-state index < -0.39 is 27.9 Å². The molecular formula is C36H52N8O6S2. The van der Waals surface area contributed by atoms with Crippen molar-refractivity contribution in [3.63, 3.8) is 0 Å². The van der Waals surface area contributed by atoms with Crippen LogP contribution in [-0.4, -0.2) is 92.5 Å². The number of rotatable bonds is 25.